The van der Waals surface area contributed by atoms with Crippen molar-refractivity contribution < 1.29 is 19.4 Å². The summed E-state index contributed by atoms with van der Waals surface area (Å²) >= 11 is 0. The van der Waals surface area contributed by atoms with Gasteiger partial charge in [-0.25, -0.2) is 4.79 Å². The average molecular weight is 255 g/mol. The molecule has 0 saturated carbocycles. The lowest BCUT2D eigenvalue weighted by molar-refractivity contribution is -0.132. The van der Waals surface area contributed by atoms with E-state index in [1.807, 2.05) is 0 Å². The summed E-state index contributed by atoms with van der Waals surface area (Å²) in [6, 6.07) is 0. The SMILES string of the molecule is C=C(CCCCN(CC1CO1)CC1CO1)C(=O)O. The Bertz CT molecular complexity index is 296. The van der Waals surface area contributed by atoms with Crippen LogP contribution >= 0.6 is 0 Å². The van der Waals surface area contributed by atoms with Crippen molar-refractivity contribution in [1.29, 1.82) is 0 Å². The van der Waals surface area contributed by atoms with Gasteiger partial charge in [-0.05, 0) is 25.8 Å². The smallest absolute Gasteiger partial charge is 0.330 e. The molecule has 5 heteroatoms. The van der Waals surface area contributed by atoms with Crippen molar-refractivity contribution in [3.8, 4) is 0 Å². The Morgan fingerprint density at radius 2 is 1.78 bits per heavy atom. The number of hydrogen-bond acceptors (Lipinski definition) is 4. The second-order valence-electron chi connectivity index (χ2n) is 5.04. The van der Waals surface area contributed by atoms with E-state index in [2.05, 4.69) is 11.5 Å². The number of carboxylic acid groups (broad SMARTS) is 1. The maximum Gasteiger partial charge on any atom is 0.330 e. The molecule has 5 nitrogen and oxygen atoms in total. The van der Waals surface area contributed by atoms with E-state index in [4.69, 9.17) is 14.6 Å². The Balaban J connectivity index is 1.58. The Morgan fingerprint density at radius 3 is 2.22 bits per heavy atom. The monoisotopic (exact) mass is 255 g/mol. The second-order valence-corrected chi connectivity index (χ2v) is 5.04. The summed E-state index contributed by atoms with van der Waals surface area (Å²) in [5.74, 6) is -0.885. The molecule has 0 aromatic heterocycles. The van der Waals surface area contributed by atoms with E-state index in [0.717, 1.165) is 45.7 Å². The van der Waals surface area contributed by atoms with Gasteiger partial charge >= 0.3 is 5.97 Å². The minimum absolute atomic E-state index is 0.303. The lowest BCUT2D eigenvalue weighted by Crippen LogP contribution is -2.32. The van der Waals surface area contributed by atoms with Crippen LogP contribution in [0.2, 0.25) is 0 Å². The molecule has 2 aliphatic heterocycles. The average Bonchev–Trinajstić information content (AvgIpc) is 3.19. The highest BCUT2D eigenvalue weighted by Gasteiger charge is 2.30. The first-order chi connectivity index (χ1) is 8.65. The van der Waals surface area contributed by atoms with Crippen molar-refractivity contribution in [2.45, 2.75) is 31.5 Å². The summed E-state index contributed by atoms with van der Waals surface area (Å²) in [6.45, 7) is 8.20. The lowest BCUT2D eigenvalue weighted by Gasteiger charge is -2.20. The molecule has 18 heavy (non-hydrogen) atoms. The first-order valence-corrected chi connectivity index (χ1v) is 6.52. The zero-order chi connectivity index (χ0) is 13.0. The standard InChI is InChI=1S/C13H21NO4/c1-10(13(15)16)4-2-3-5-14(6-11-8-17-11)7-12-9-18-12/h11-12H,1-9H2,(H,15,16). The molecule has 2 unspecified atom stereocenters. The molecule has 1 N–H and O–H groups in total. The van der Waals surface area contributed by atoms with Crippen LogP contribution in [0.15, 0.2) is 12.2 Å². The first kappa shape index (κ1) is 13.5. The van der Waals surface area contributed by atoms with Crippen LogP contribution in [0.3, 0.4) is 0 Å². The third-order valence-electron chi connectivity index (χ3n) is 3.23. The van der Waals surface area contributed by atoms with E-state index in [0.29, 0.717) is 24.2 Å². The Morgan fingerprint density at radius 1 is 1.22 bits per heavy atom. The van der Waals surface area contributed by atoms with Crippen LogP contribution in [0.4, 0.5) is 0 Å². The fourth-order valence-corrected chi connectivity index (χ4v) is 1.96. The number of ether oxygens (including phenoxy) is 2. The molecule has 0 aliphatic carbocycles. The zero-order valence-electron chi connectivity index (χ0n) is 10.6. The highest BCUT2D eigenvalue weighted by atomic mass is 16.6. The molecule has 0 radical (unpaired) electrons. The van der Waals surface area contributed by atoms with Crippen molar-refractivity contribution in [2.75, 3.05) is 32.8 Å². The Labute approximate surface area is 107 Å². The number of hydrogen-bond donors (Lipinski definition) is 1. The van der Waals surface area contributed by atoms with Gasteiger partial charge < -0.3 is 14.6 Å². The van der Waals surface area contributed by atoms with Gasteiger partial charge in [-0.3, -0.25) is 4.90 Å². The second kappa shape index (κ2) is 6.31. The van der Waals surface area contributed by atoms with Gasteiger partial charge in [-0.1, -0.05) is 6.58 Å². The fourth-order valence-electron chi connectivity index (χ4n) is 1.96. The number of rotatable bonds is 10. The van der Waals surface area contributed by atoms with Gasteiger partial charge in [0.2, 0.25) is 0 Å². The third-order valence-corrected chi connectivity index (χ3v) is 3.23. The van der Waals surface area contributed by atoms with Crippen LogP contribution in [0.5, 0.6) is 0 Å². The normalized spacial score (nSPS) is 25.2. The number of carboxylic acids is 1. The molecular weight excluding hydrogens is 234 g/mol. The largest absolute Gasteiger partial charge is 0.478 e. The van der Waals surface area contributed by atoms with Gasteiger partial charge in [0, 0.05) is 18.7 Å². The Hall–Kier alpha value is -0.910. The summed E-state index contributed by atoms with van der Waals surface area (Å²) in [7, 11) is 0. The van der Waals surface area contributed by atoms with Crippen LogP contribution in [0.25, 0.3) is 0 Å². The van der Waals surface area contributed by atoms with Crippen LogP contribution in [0.1, 0.15) is 19.3 Å². The van der Waals surface area contributed by atoms with Crippen LogP contribution in [0, 0.1) is 0 Å². The molecule has 0 amide bonds. The summed E-state index contributed by atoms with van der Waals surface area (Å²) in [5.41, 5.74) is 0.303. The van der Waals surface area contributed by atoms with Crippen molar-refractivity contribution >= 4 is 5.97 Å². The van der Waals surface area contributed by atoms with Gasteiger partial charge in [0.15, 0.2) is 0 Å². The molecule has 2 rings (SSSR count). The van der Waals surface area contributed by atoms with E-state index in [-0.39, 0.29) is 0 Å². The molecule has 2 fully saturated rings. The Kier molecular flexibility index (Phi) is 4.74. The summed E-state index contributed by atoms with van der Waals surface area (Å²) in [5, 5.41) is 8.70. The van der Waals surface area contributed by atoms with Gasteiger partial charge in [0.1, 0.15) is 0 Å². The number of carbonyl (C=O) groups is 1. The van der Waals surface area contributed by atoms with Gasteiger partial charge in [0.25, 0.3) is 0 Å². The first-order valence-electron chi connectivity index (χ1n) is 6.52. The number of aliphatic carboxylic acids is 1. The minimum Gasteiger partial charge on any atom is -0.478 e. The molecule has 102 valence electrons. The lowest BCUT2D eigenvalue weighted by atomic mass is 10.1. The fraction of sp³-hybridized carbons (Fsp3) is 0.769. The number of nitrogens with zero attached hydrogens (tertiary/aromatic N) is 1. The molecule has 2 atom stereocenters. The van der Waals surface area contributed by atoms with Crippen molar-refractivity contribution in [3.05, 3.63) is 12.2 Å². The van der Waals surface area contributed by atoms with E-state index in [9.17, 15) is 4.79 Å². The molecular formula is C13H21NO4. The topological polar surface area (TPSA) is 65.6 Å². The highest BCUT2D eigenvalue weighted by molar-refractivity contribution is 5.85. The van der Waals surface area contributed by atoms with Crippen molar-refractivity contribution in [2.24, 2.45) is 0 Å². The number of unbranched alkanes of at least 4 members (excludes halogenated alkanes) is 1. The van der Waals surface area contributed by atoms with Gasteiger partial charge in [-0.15, -0.1) is 0 Å². The van der Waals surface area contributed by atoms with Gasteiger partial charge in [0.05, 0.1) is 25.4 Å². The summed E-state index contributed by atoms with van der Waals surface area (Å²) < 4.78 is 10.5. The van der Waals surface area contributed by atoms with Crippen LogP contribution in [-0.4, -0.2) is 61.0 Å². The predicted molar refractivity (Wildman–Crippen MR) is 66.5 cm³/mol. The van der Waals surface area contributed by atoms with E-state index in [1.54, 1.807) is 0 Å². The molecule has 2 heterocycles. The van der Waals surface area contributed by atoms with Crippen LogP contribution in [-0.2, 0) is 14.3 Å². The molecule has 0 spiro atoms. The van der Waals surface area contributed by atoms with Crippen molar-refractivity contribution in [1.82, 2.24) is 4.90 Å². The minimum atomic E-state index is -0.885. The zero-order valence-corrected chi connectivity index (χ0v) is 10.6. The quantitative estimate of drug-likeness (QED) is 0.357. The maximum atomic E-state index is 10.6. The predicted octanol–water partition coefficient (Wildman–Crippen LogP) is 0.897. The molecule has 0 aromatic rings. The van der Waals surface area contributed by atoms with Gasteiger partial charge in [-0.2, -0.15) is 0 Å². The molecule has 0 bridgehead atoms. The van der Waals surface area contributed by atoms with E-state index in [1.165, 1.54) is 0 Å². The highest BCUT2D eigenvalue weighted by Crippen LogP contribution is 2.16. The maximum absolute atomic E-state index is 10.6. The molecule has 2 aliphatic rings. The van der Waals surface area contributed by atoms with E-state index >= 15 is 0 Å². The number of epoxide rings is 2. The third kappa shape index (κ3) is 5.16. The van der Waals surface area contributed by atoms with Crippen LogP contribution < -0.4 is 0 Å². The van der Waals surface area contributed by atoms with E-state index < -0.39 is 5.97 Å². The summed E-state index contributed by atoms with van der Waals surface area (Å²) in [6.07, 6.45) is 3.24. The van der Waals surface area contributed by atoms with Crippen molar-refractivity contribution in [3.63, 3.8) is 0 Å². The summed E-state index contributed by atoms with van der Waals surface area (Å²) in [4.78, 5) is 13.0. The molecule has 0 aromatic carbocycles. The molecule has 2 saturated heterocycles.